The number of carboxylic acid groups (broad SMARTS) is 1. The first-order valence-electron chi connectivity index (χ1n) is 8.11. The Bertz CT molecular complexity index is 750. The highest BCUT2D eigenvalue weighted by atomic mass is 16.5. The van der Waals surface area contributed by atoms with Gasteiger partial charge in [-0.05, 0) is 23.6 Å². The minimum Gasteiger partial charge on any atom is -0.504 e. The second-order valence-electron chi connectivity index (χ2n) is 5.47. The molecule has 2 aromatic rings. The number of methoxy groups -OCH3 is 1. The number of phenols is 1. The average Bonchev–Trinajstić information content (AvgIpc) is 2.61. The summed E-state index contributed by atoms with van der Waals surface area (Å²) in [7, 11) is 1.45. The molecule has 0 aromatic heterocycles. The lowest BCUT2D eigenvalue weighted by Crippen LogP contribution is -2.05. The molecule has 2 rings (SSSR count). The molecular weight excluding hydrogens is 320 g/mol. The van der Waals surface area contributed by atoms with Crippen molar-refractivity contribution < 1.29 is 24.5 Å². The molecule has 0 bridgehead atoms. The van der Waals surface area contributed by atoms with Crippen LogP contribution in [-0.2, 0) is 0 Å². The van der Waals surface area contributed by atoms with Gasteiger partial charge < -0.3 is 19.7 Å². The van der Waals surface area contributed by atoms with Crippen molar-refractivity contribution >= 4 is 18.1 Å². The molecule has 0 atom stereocenters. The average molecular weight is 342 g/mol. The zero-order chi connectivity index (χ0) is 18.2. The minimum atomic E-state index is -1.23. The first-order valence-corrected chi connectivity index (χ1v) is 8.11. The minimum absolute atomic E-state index is 0.0604. The van der Waals surface area contributed by atoms with Crippen LogP contribution in [0.3, 0.4) is 0 Å². The summed E-state index contributed by atoms with van der Waals surface area (Å²) in [6, 6.07) is 11.0. The number of ether oxygens (including phenoxy) is 2. The molecule has 0 saturated heterocycles. The maximum atomic E-state index is 11.6. The van der Waals surface area contributed by atoms with Crippen molar-refractivity contribution in [3.05, 3.63) is 53.1 Å². The molecule has 2 aromatic carbocycles. The first-order chi connectivity index (χ1) is 12.1. The fourth-order valence-corrected chi connectivity index (χ4v) is 2.36. The highest BCUT2D eigenvalue weighted by molar-refractivity contribution is 5.98. The van der Waals surface area contributed by atoms with E-state index in [4.69, 9.17) is 9.47 Å². The lowest BCUT2D eigenvalue weighted by Gasteiger charge is -2.15. The number of carbonyl (C=O) groups is 1. The number of carboxylic acids is 1. The number of aromatic carboxylic acids is 1. The van der Waals surface area contributed by atoms with E-state index in [0.29, 0.717) is 17.9 Å². The Kier molecular flexibility index (Phi) is 6.46. The van der Waals surface area contributed by atoms with Crippen LogP contribution in [-0.4, -0.2) is 29.9 Å². The number of aromatic hydroxyl groups is 1. The third kappa shape index (κ3) is 4.53. The molecule has 132 valence electrons. The molecule has 0 heterocycles. The van der Waals surface area contributed by atoms with Gasteiger partial charge in [-0.15, -0.1) is 0 Å². The van der Waals surface area contributed by atoms with E-state index < -0.39 is 11.7 Å². The van der Waals surface area contributed by atoms with E-state index in [-0.39, 0.29) is 11.3 Å². The monoisotopic (exact) mass is 342 g/mol. The van der Waals surface area contributed by atoms with E-state index in [1.807, 2.05) is 37.3 Å². The Labute approximate surface area is 147 Å². The largest absolute Gasteiger partial charge is 0.504 e. The van der Waals surface area contributed by atoms with Crippen molar-refractivity contribution in [1.29, 1.82) is 0 Å². The van der Waals surface area contributed by atoms with Gasteiger partial charge in [-0.25, -0.2) is 4.79 Å². The number of rotatable bonds is 8. The molecule has 25 heavy (non-hydrogen) atoms. The van der Waals surface area contributed by atoms with Crippen LogP contribution in [0.15, 0.2) is 36.4 Å². The van der Waals surface area contributed by atoms with Crippen molar-refractivity contribution in [1.82, 2.24) is 0 Å². The summed E-state index contributed by atoms with van der Waals surface area (Å²) in [5, 5.41) is 19.9. The molecule has 0 fully saturated rings. The van der Waals surface area contributed by atoms with Gasteiger partial charge in [0.25, 0.3) is 0 Å². The summed E-state index contributed by atoms with van der Waals surface area (Å²) in [5.41, 5.74) is 1.05. The van der Waals surface area contributed by atoms with Gasteiger partial charge in [0.05, 0.1) is 13.7 Å². The number of benzene rings is 2. The highest BCUT2D eigenvalue weighted by Crippen LogP contribution is 2.42. The lowest BCUT2D eigenvalue weighted by atomic mass is 10.0. The van der Waals surface area contributed by atoms with Crippen LogP contribution in [0.2, 0.25) is 0 Å². The molecule has 0 unspecified atom stereocenters. The molecule has 0 aliphatic heterocycles. The smallest absolute Gasteiger partial charge is 0.340 e. The molecule has 0 radical (unpaired) electrons. The quantitative estimate of drug-likeness (QED) is 0.547. The fourth-order valence-electron chi connectivity index (χ4n) is 2.36. The zero-order valence-corrected chi connectivity index (χ0v) is 14.4. The van der Waals surface area contributed by atoms with Crippen molar-refractivity contribution in [2.24, 2.45) is 0 Å². The van der Waals surface area contributed by atoms with Crippen LogP contribution in [0.5, 0.6) is 17.2 Å². The number of unbranched alkanes of at least 4 members (excludes halogenated alkanes) is 1. The third-order valence-corrected chi connectivity index (χ3v) is 3.68. The van der Waals surface area contributed by atoms with Crippen molar-refractivity contribution in [2.45, 2.75) is 19.8 Å². The summed E-state index contributed by atoms with van der Waals surface area (Å²) >= 11 is 0. The van der Waals surface area contributed by atoms with Crippen LogP contribution in [0.1, 0.15) is 41.3 Å². The van der Waals surface area contributed by atoms with Crippen LogP contribution in [0, 0.1) is 0 Å². The lowest BCUT2D eigenvalue weighted by molar-refractivity contribution is 0.0692. The van der Waals surface area contributed by atoms with Gasteiger partial charge in [0.2, 0.25) is 5.75 Å². The summed E-state index contributed by atoms with van der Waals surface area (Å²) < 4.78 is 10.8. The zero-order valence-electron chi connectivity index (χ0n) is 14.4. The predicted octanol–water partition coefficient (Wildman–Crippen LogP) is 4.45. The molecule has 0 amide bonds. The van der Waals surface area contributed by atoms with Gasteiger partial charge >= 0.3 is 5.97 Å². The Hall–Kier alpha value is -2.95. The fraction of sp³-hybridized carbons (Fsp3) is 0.250. The Morgan fingerprint density at radius 3 is 2.52 bits per heavy atom. The van der Waals surface area contributed by atoms with Gasteiger partial charge in [-0.1, -0.05) is 55.8 Å². The SMILES string of the molecule is CCCCOc1c(OC)cc(/C=C/c2ccccc2)c(C(=O)O)c1O. The molecule has 0 aliphatic carbocycles. The first kappa shape index (κ1) is 18.4. The maximum absolute atomic E-state index is 11.6. The van der Waals surface area contributed by atoms with E-state index in [1.165, 1.54) is 7.11 Å². The molecule has 0 spiro atoms. The topological polar surface area (TPSA) is 76.0 Å². The van der Waals surface area contributed by atoms with Crippen LogP contribution < -0.4 is 9.47 Å². The summed E-state index contributed by atoms with van der Waals surface area (Å²) in [5.74, 6) is -1.29. The Balaban J connectivity index is 2.47. The second-order valence-corrected chi connectivity index (χ2v) is 5.47. The van der Waals surface area contributed by atoms with Crippen molar-refractivity contribution in [3.63, 3.8) is 0 Å². The predicted molar refractivity (Wildman–Crippen MR) is 97.4 cm³/mol. The van der Waals surface area contributed by atoms with Crippen molar-refractivity contribution in [3.8, 4) is 17.2 Å². The van der Waals surface area contributed by atoms with Gasteiger partial charge in [0.1, 0.15) is 5.56 Å². The van der Waals surface area contributed by atoms with Crippen LogP contribution in [0.25, 0.3) is 12.2 Å². The maximum Gasteiger partial charge on any atom is 0.340 e. The van der Waals surface area contributed by atoms with E-state index >= 15 is 0 Å². The van der Waals surface area contributed by atoms with E-state index in [9.17, 15) is 15.0 Å². The van der Waals surface area contributed by atoms with E-state index in [0.717, 1.165) is 18.4 Å². The molecule has 0 aliphatic rings. The highest BCUT2D eigenvalue weighted by Gasteiger charge is 2.23. The normalized spacial score (nSPS) is 10.8. The van der Waals surface area contributed by atoms with Gasteiger partial charge in [-0.3, -0.25) is 0 Å². The van der Waals surface area contributed by atoms with E-state index in [2.05, 4.69) is 0 Å². The molecule has 5 heteroatoms. The van der Waals surface area contributed by atoms with Gasteiger partial charge in [0.15, 0.2) is 11.5 Å². The number of hydrogen-bond acceptors (Lipinski definition) is 4. The van der Waals surface area contributed by atoms with Crippen molar-refractivity contribution in [2.75, 3.05) is 13.7 Å². The third-order valence-electron chi connectivity index (χ3n) is 3.68. The molecule has 5 nitrogen and oxygen atoms in total. The van der Waals surface area contributed by atoms with Crippen LogP contribution >= 0.6 is 0 Å². The Morgan fingerprint density at radius 1 is 1.20 bits per heavy atom. The molecular formula is C20H22O5. The van der Waals surface area contributed by atoms with Gasteiger partial charge in [-0.2, -0.15) is 0 Å². The molecule has 2 N–H and O–H groups in total. The standard InChI is InChI=1S/C20H22O5/c1-3-4-12-25-19-16(24-2)13-15(17(18(19)21)20(22)23)11-10-14-8-6-5-7-9-14/h5-11,13,21H,3-4,12H2,1-2H3,(H,22,23)/b11-10+. The van der Waals surface area contributed by atoms with Crippen LogP contribution in [0.4, 0.5) is 0 Å². The summed E-state index contributed by atoms with van der Waals surface area (Å²) in [6.45, 7) is 2.39. The van der Waals surface area contributed by atoms with E-state index in [1.54, 1.807) is 18.2 Å². The molecule has 0 saturated carbocycles. The second kappa shape index (κ2) is 8.78. The summed E-state index contributed by atoms with van der Waals surface area (Å²) in [4.78, 5) is 11.6. The van der Waals surface area contributed by atoms with Gasteiger partial charge in [0, 0.05) is 0 Å². The summed E-state index contributed by atoms with van der Waals surface area (Å²) in [6.07, 6.45) is 5.13. The Morgan fingerprint density at radius 2 is 1.92 bits per heavy atom. The number of hydrogen-bond donors (Lipinski definition) is 2.